The SMILES string of the molecule is c1ccc(-c2ccccc2[C@H]2CCCC[NH2+]2)cc1. The summed E-state index contributed by atoms with van der Waals surface area (Å²) in [4.78, 5) is 0. The molecule has 0 unspecified atom stereocenters. The second-order valence-electron chi connectivity index (χ2n) is 5.08. The fourth-order valence-corrected chi connectivity index (χ4v) is 2.93. The number of hydrogen-bond acceptors (Lipinski definition) is 0. The van der Waals surface area contributed by atoms with Crippen molar-refractivity contribution < 1.29 is 5.32 Å². The molecule has 0 aliphatic carbocycles. The van der Waals surface area contributed by atoms with Crippen molar-refractivity contribution in [2.45, 2.75) is 25.3 Å². The van der Waals surface area contributed by atoms with Gasteiger partial charge in [0.1, 0.15) is 6.04 Å². The normalized spacial score (nSPS) is 19.7. The van der Waals surface area contributed by atoms with Crippen molar-refractivity contribution in [2.75, 3.05) is 6.54 Å². The van der Waals surface area contributed by atoms with E-state index in [2.05, 4.69) is 59.9 Å². The predicted octanol–water partition coefficient (Wildman–Crippen LogP) is 3.14. The summed E-state index contributed by atoms with van der Waals surface area (Å²) < 4.78 is 0. The predicted molar refractivity (Wildman–Crippen MR) is 75.3 cm³/mol. The van der Waals surface area contributed by atoms with Gasteiger partial charge in [0.05, 0.1) is 6.54 Å². The first-order chi connectivity index (χ1) is 8.95. The number of benzene rings is 2. The van der Waals surface area contributed by atoms with E-state index in [0.717, 1.165) is 0 Å². The van der Waals surface area contributed by atoms with Gasteiger partial charge in [-0.1, -0.05) is 54.6 Å². The molecule has 1 saturated heterocycles. The average molecular weight is 238 g/mol. The Morgan fingerprint density at radius 1 is 0.833 bits per heavy atom. The lowest BCUT2D eigenvalue weighted by molar-refractivity contribution is -0.704. The van der Waals surface area contributed by atoms with E-state index in [1.807, 2.05) is 0 Å². The Morgan fingerprint density at radius 3 is 2.39 bits per heavy atom. The van der Waals surface area contributed by atoms with E-state index in [9.17, 15) is 0 Å². The summed E-state index contributed by atoms with van der Waals surface area (Å²) in [7, 11) is 0. The molecule has 0 aromatic heterocycles. The van der Waals surface area contributed by atoms with Crippen LogP contribution in [-0.2, 0) is 0 Å². The summed E-state index contributed by atoms with van der Waals surface area (Å²) in [5.74, 6) is 0. The number of piperidine rings is 1. The fraction of sp³-hybridized carbons (Fsp3) is 0.294. The number of rotatable bonds is 2. The zero-order chi connectivity index (χ0) is 12.2. The molecule has 1 heteroatoms. The third-order valence-corrected chi connectivity index (χ3v) is 3.87. The second kappa shape index (κ2) is 5.36. The van der Waals surface area contributed by atoms with Gasteiger partial charge in [-0.25, -0.2) is 0 Å². The van der Waals surface area contributed by atoms with Gasteiger partial charge in [0.15, 0.2) is 0 Å². The lowest BCUT2D eigenvalue weighted by Gasteiger charge is -2.22. The van der Waals surface area contributed by atoms with Gasteiger partial charge in [0.2, 0.25) is 0 Å². The van der Waals surface area contributed by atoms with Gasteiger partial charge in [-0.05, 0) is 24.0 Å². The van der Waals surface area contributed by atoms with Crippen molar-refractivity contribution in [1.29, 1.82) is 0 Å². The van der Waals surface area contributed by atoms with Crippen LogP contribution >= 0.6 is 0 Å². The minimum atomic E-state index is 0.648. The third kappa shape index (κ3) is 2.32. The zero-order valence-electron chi connectivity index (χ0n) is 10.7. The van der Waals surface area contributed by atoms with Gasteiger partial charge in [-0.3, -0.25) is 0 Å². The van der Waals surface area contributed by atoms with Crippen LogP contribution in [0, 0.1) is 0 Å². The summed E-state index contributed by atoms with van der Waals surface area (Å²) in [5, 5.41) is 2.51. The fourth-order valence-electron chi connectivity index (χ4n) is 2.93. The van der Waals surface area contributed by atoms with E-state index < -0.39 is 0 Å². The maximum absolute atomic E-state index is 2.51. The zero-order valence-corrected chi connectivity index (χ0v) is 10.7. The van der Waals surface area contributed by atoms with Crippen LogP contribution in [0.2, 0.25) is 0 Å². The molecule has 0 bridgehead atoms. The van der Waals surface area contributed by atoms with Crippen molar-refractivity contribution in [3.63, 3.8) is 0 Å². The lowest BCUT2D eigenvalue weighted by Crippen LogP contribution is -2.86. The summed E-state index contributed by atoms with van der Waals surface area (Å²) in [6.07, 6.45) is 4.04. The summed E-state index contributed by atoms with van der Waals surface area (Å²) in [5.41, 5.74) is 4.25. The van der Waals surface area contributed by atoms with Crippen molar-refractivity contribution in [2.24, 2.45) is 0 Å². The van der Waals surface area contributed by atoms with E-state index in [4.69, 9.17) is 0 Å². The van der Waals surface area contributed by atoms with Gasteiger partial charge < -0.3 is 5.32 Å². The largest absolute Gasteiger partial charge is 0.340 e. The van der Waals surface area contributed by atoms with E-state index in [1.54, 1.807) is 0 Å². The monoisotopic (exact) mass is 238 g/mol. The van der Waals surface area contributed by atoms with Crippen LogP contribution in [0.25, 0.3) is 11.1 Å². The van der Waals surface area contributed by atoms with Gasteiger partial charge in [0, 0.05) is 12.0 Å². The highest BCUT2D eigenvalue weighted by Crippen LogP contribution is 2.29. The second-order valence-corrected chi connectivity index (χ2v) is 5.08. The molecule has 1 fully saturated rings. The Bertz CT molecular complexity index is 498. The van der Waals surface area contributed by atoms with Crippen molar-refractivity contribution in [1.82, 2.24) is 0 Å². The number of quaternary nitrogens is 1. The van der Waals surface area contributed by atoms with Crippen molar-refractivity contribution in [3.05, 3.63) is 60.2 Å². The Labute approximate surface area is 109 Å². The maximum Gasteiger partial charge on any atom is 0.112 e. The summed E-state index contributed by atoms with van der Waals surface area (Å²) in [6, 6.07) is 20.3. The highest BCUT2D eigenvalue weighted by molar-refractivity contribution is 5.67. The van der Waals surface area contributed by atoms with Crippen LogP contribution in [0.4, 0.5) is 0 Å². The molecular formula is C17H20N+. The Morgan fingerprint density at radius 2 is 1.61 bits per heavy atom. The molecule has 0 spiro atoms. The molecule has 18 heavy (non-hydrogen) atoms. The molecule has 1 aliphatic rings. The van der Waals surface area contributed by atoms with Crippen LogP contribution in [0.1, 0.15) is 30.9 Å². The van der Waals surface area contributed by atoms with Crippen LogP contribution < -0.4 is 5.32 Å². The number of hydrogen-bond donors (Lipinski definition) is 1. The first kappa shape index (κ1) is 11.5. The van der Waals surface area contributed by atoms with Crippen LogP contribution in [0.3, 0.4) is 0 Å². The van der Waals surface area contributed by atoms with Gasteiger partial charge >= 0.3 is 0 Å². The van der Waals surface area contributed by atoms with Crippen LogP contribution in [0.5, 0.6) is 0 Å². The average Bonchev–Trinajstić information content (AvgIpc) is 2.49. The molecule has 2 N–H and O–H groups in total. The molecule has 0 radical (unpaired) electrons. The van der Waals surface area contributed by atoms with Gasteiger partial charge in [0.25, 0.3) is 0 Å². The highest BCUT2D eigenvalue weighted by atomic mass is 14.9. The van der Waals surface area contributed by atoms with Crippen LogP contribution in [0.15, 0.2) is 54.6 Å². The molecule has 1 nitrogen and oxygen atoms in total. The molecular weight excluding hydrogens is 218 g/mol. The quantitative estimate of drug-likeness (QED) is 0.827. The molecule has 92 valence electrons. The van der Waals surface area contributed by atoms with E-state index >= 15 is 0 Å². The Kier molecular flexibility index (Phi) is 3.42. The van der Waals surface area contributed by atoms with Crippen molar-refractivity contribution >= 4 is 0 Å². The minimum Gasteiger partial charge on any atom is -0.340 e. The molecule has 1 heterocycles. The third-order valence-electron chi connectivity index (χ3n) is 3.87. The minimum absolute atomic E-state index is 0.648. The van der Waals surface area contributed by atoms with E-state index in [0.29, 0.717) is 6.04 Å². The standard InChI is InChI=1S/C17H19N/c1-2-8-14(9-3-1)15-10-4-5-11-16(15)17-12-6-7-13-18-17/h1-5,8-11,17-18H,6-7,12-13H2/p+1/t17-/m1/s1. The summed E-state index contributed by atoms with van der Waals surface area (Å²) >= 11 is 0. The molecule has 0 amide bonds. The highest BCUT2D eigenvalue weighted by Gasteiger charge is 2.21. The molecule has 1 aliphatic heterocycles. The molecule has 3 rings (SSSR count). The lowest BCUT2D eigenvalue weighted by atomic mass is 9.90. The molecule has 2 aromatic rings. The van der Waals surface area contributed by atoms with E-state index in [1.165, 1.54) is 42.5 Å². The molecule has 1 atom stereocenters. The smallest absolute Gasteiger partial charge is 0.112 e. The van der Waals surface area contributed by atoms with Gasteiger partial charge in [-0.2, -0.15) is 0 Å². The molecule has 2 aromatic carbocycles. The topological polar surface area (TPSA) is 16.6 Å². The summed E-state index contributed by atoms with van der Waals surface area (Å²) in [6.45, 7) is 1.27. The molecule has 0 saturated carbocycles. The maximum atomic E-state index is 2.51. The van der Waals surface area contributed by atoms with Crippen LogP contribution in [-0.4, -0.2) is 6.54 Å². The Hall–Kier alpha value is -1.60. The first-order valence-corrected chi connectivity index (χ1v) is 6.93. The number of nitrogens with two attached hydrogens (primary N) is 1. The van der Waals surface area contributed by atoms with Gasteiger partial charge in [-0.15, -0.1) is 0 Å². The Balaban J connectivity index is 1.99. The van der Waals surface area contributed by atoms with E-state index in [-0.39, 0.29) is 0 Å². The van der Waals surface area contributed by atoms with Crippen molar-refractivity contribution in [3.8, 4) is 11.1 Å². The first-order valence-electron chi connectivity index (χ1n) is 6.93.